The lowest BCUT2D eigenvalue weighted by Crippen LogP contribution is -2.23. The van der Waals surface area contributed by atoms with Crippen LogP contribution in [0.15, 0.2) is 36.4 Å². The highest BCUT2D eigenvalue weighted by molar-refractivity contribution is 7.66. The van der Waals surface area contributed by atoms with Crippen molar-refractivity contribution in [3.05, 3.63) is 58.1 Å². The van der Waals surface area contributed by atoms with Gasteiger partial charge >= 0.3 is 0 Å². The van der Waals surface area contributed by atoms with Crippen LogP contribution in [0.4, 0.5) is 0 Å². The summed E-state index contributed by atoms with van der Waals surface area (Å²) in [7, 11) is 0.0528. The van der Waals surface area contributed by atoms with Crippen molar-refractivity contribution in [2.75, 3.05) is 0 Å². The maximum absolute atomic E-state index is 12.6. The molecule has 0 saturated carbocycles. The first-order valence-electron chi connectivity index (χ1n) is 7.53. The van der Waals surface area contributed by atoms with Crippen LogP contribution in [0, 0.1) is 13.8 Å². The molecule has 0 spiro atoms. The fraction of sp³-hybridized carbons (Fsp3) is 0.316. The summed E-state index contributed by atoms with van der Waals surface area (Å²) in [5.41, 5.74) is 2.44. The summed E-state index contributed by atoms with van der Waals surface area (Å²) in [6, 6.07) is 11.4. The predicted molar refractivity (Wildman–Crippen MR) is 100 cm³/mol. The number of aryl methyl sites for hydroxylation is 2. The highest BCUT2D eigenvalue weighted by atomic mass is 35.5. The van der Waals surface area contributed by atoms with Crippen LogP contribution in [0.3, 0.4) is 0 Å². The van der Waals surface area contributed by atoms with Gasteiger partial charge in [-0.25, -0.2) is 0 Å². The van der Waals surface area contributed by atoms with Gasteiger partial charge in [-0.1, -0.05) is 29.8 Å². The topological polar surface area (TPSA) is 26.3 Å². The van der Waals surface area contributed by atoms with Gasteiger partial charge < -0.3 is 4.74 Å². The van der Waals surface area contributed by atoms with Gasteiger partial charge in [0.2, 0.25) is 0 Å². The van der Waals surface area contributed by atoms with E-state index in [1.54, 1.807) is 6.07 Å². The van der Waals surface area contributed by atoms with Crippen molar-refractivity contribution in [1.82, 2.24) is 0 Å². The number of benzene rings is 2. The summed E-state index contributed by atoms with van der Waals surface area (Å²) < 4.78 is 5.86. The Morgan fingerprint density at radius 1 is 1.09 bits per heavy atom. The van der Waals surface area contributed by atoms with Gasteiger partial charge in [-0.2, -0.15) is 0 Å². The van der Waals surface area contributed by atoms with Gasteiger partial charge in [0.25, 0.3) is 0 Å². The van der Waals surface area contributed by atoms with Gasteiger partial charge in [0.05, 0.1) is 5.02 Å². The minimum atomic E-state index is -0.235. The summed E-state index contributed by atoms with van der Waals surface area (Å²) in [5.74, 6) is 0.824. The van der Waals surface area contributed by atoms with Gasteiger partial charge in [0.1, 0.15) is 11.4 Å². The zero-order valence-electron chi connectivity index (χ0n) is 14.2. The fourth-order valence-electron chi connectivity index (χ4n) is 2.30. The van der Waals surface area contributed by atoms with E-state index in [2.05, 4.69) is 0 Å². The Morgan fingerprint density at radius 3 is 2.35 bits per heavy atom. The van der Waals surface area contributed by atoms with E-state index in [4.69, 9.17) is 16.3 Å². The number of rotatable bonds is 4. The predicted octanol–water partition coefficient (Wildman–Crippen LogP) is 5.28. The lowest BCUT2D eigenvalue weighted by Gasteiger charge is -2.22. The van der Waals surface area contributed by atoms with Gasteiger partial charge in [0.15, 0.2) is 5.52 Å². The molecule has 1 unspecified atom stereocenters. The maximum Gasteiger partial charge on any atom is 0.187 e. The van der Waals surface area contributed by atoms with Crippen molar-refractivity contribution >= 4 is 31.0 Å². The van der Waals surface area contributed by atoms with Crippen LogP contribution in [0.25, 0.3) is 0 Å². The first-order valence-corrected chi connectivity index (χ1v) is 8.91. The van der Waals surface area contributed by atoms with E-state index in [-0.39, 0.29) is 19.7 Å². The summed E-state index contributed by atoms with van der Waals surface area (Å²) in [6.45, 7) is 9.96. The van der Waals surface area contributed by atoms with Crippen LogP contribution >= 0.6 is 20.2 Å². The first-order chi connectivity index (χ1) is 10.7. The molecule has 0 heterocycles. The van der Waals surface area contributed by atoms with E-state index < -0.39 is 0 Å². The minimum absolute atomic E-state index is 0.0528. The normalized spacial score (nSPS) is 11.9. The van der Waals surface area contributed by atoms with Gasteiger partial charge in [-0.05, 0) is 77.8 Å². The molecule has 2 aromatic carbocycles. The molecule has 0 aliphatic heterocycles. The molecular formula is C19H22ClO2P. The van der Waals surface area contributed by atoms with Gasteiger partial charge in [-0.15, -0.1) is 0 Å². The Bertz CT molecular complexity index is 712. The molecule has 0 saturated heterocycles. The molecule has 1 atom stereocenters. The summed E-state index contributed by atoms with van der Waals surface area (Å²) >= 11 is 6.19. The quantitative estimate of drug-likeness (QED) is 0.703. The molecule has 0 radical (unpaired) electrons. The molecule has 4 heteroatoms. The van der Waals surface area contributed by atoms with E-state index in [0.29, 0.717) is 10.6 Å². The van der Waals surface area contributed by atoms with E-state index in [1.165, 1.54) is 0 Å². The van der Waals surface area contributed by atoms with Crippen LogP contribution in [0.2, 0.25) is 5.02 Å². The van der Waals surface area contributed by atoms with Crippen LogP contribution < -0.4 is 10.0 Å². The number of hydrogen-bond donors (Lipinski definition) is 0. The molecule has 0 aliphatic carbocycles. The molecule has 0 N–H and O–H groups in total. The molecule has 0 fully saturated rings. The molecule has 2 nitrogen and oxygen atoms in total. The molecular weight excluding hydrogens is 327 g/mol. The van der Waals surface area contributed by atoms with Crippen molar-refractivity contribution < 1.29 is 9.53 Å². The molecule has 0 amide bonds. The van der Waals surface area contributed by atoms with E-state index >= 15 is 0 Å². The molecule has 122 valence electrons. The number of halogens is 1. The second-order valence-corrected chi connectivity index (χ2v) is 8.23. The fourth-order valence-corrected chi connectivity index (χ4v) is 3.82. The molecule has 2 aromatic rings. The lowest BCUT2D eigenvalue weighted by atomic mass is 10.1. The molecule has 0 aliphatic rings. The summed E-state index contributed by atoms with van der Waals surface area (Å²) in [6.07, 6.45) is 0. The number of hydrogen-bond acceptors (Lipinski definition) is 2. The monoisotopic (exact) mass is 348 g/mol. The highest BCUT2D eigenvalue weighted by Gasteiger charge is 2.16. The van der Waals surface area contributed by atoms with Crippen LogP contribution in [0.1, 0.15) is 42.3 Å². The third-order valence-electron chi connectivity index (χ3n) is 3.32. The SMILES string of the molecule is Cc1cc(OC(C)(C)C)ccc1PC(=O)c1c(C)cccc1Cl. The van der Waals surface area contributed by atoms with Crippen molar-refractivity contribution in [3.63, 3.8) is 0 Å². The van der Waals surface area contributed by atoms with Crippen molar-refractivity contribution in [2.45, 2.75) is 40.2 Å². The second-order valence-electron chi connectivity index (χ2n) is 6.58. The maximum atomic E-state index is 12.6. The van der Waals surface area contributed by atoms with Crippen LogP contribution in [0.5, 0.6) is 5.75 Å². The molecule has 0 aromatic heterocycles. The minimum Gasteiger partial charge on any atom is -0.488 e. The largest absolute Gasteiger partial charge is 0.488 e. The first kappa shape index (κ1) is 18.0. The number of carbonyl (C=O) groups excluding carboxylic acids is 1. The Hall–Kier alpha value is -1.37. The van der Waals surface area contributed by atoms with Crippen molar-refractivity contribution in [2.24, 2.45) is 0 Å². The smallest absolute Gasteiger partial charge is 0.187 e. The van der Waals surface area contributed by atoms with Crippen LogP contribution in [-0.4, -0.2) is 11.1 Å². The lowest BCUT2D eigenvalue weighted by molar-refractivity contribution is 0.108. The van der Waals surface area contributed by atoms with Crippen LogP contribution in [-0.2, 0) is 0 Å². The number of ether oxygens (including phenoxy) is 1. The molecule has 2 rings (SSSR count). The molecule has 23 heavy (non-hydrogen) atoms. The summed E-state index contributed by atoms with van der Waals surface area (Å²) in [5, 5.41) is 1.54. The standard InChI is InChI=1S/C19H22ClO2P/c1-12-7-6-8-15(20)17(12)18(21)23-16-10-9-14(11-13(16)2)22-19(3,4)5/h6-11,23H,1-5H3. The highest BCUT2D eigenvalue weighted by Crippen LogP contribution is 2.29. The third-order valence-corrected chi connectivity index (χ3v) is 4.94. The summed E-state index contributed by atoms with van der Waals surface area (Å²) in [4.78, 5) is 12.6. The Kier molecular flexibility index (Phi) is 5.49. The average Bonchev–Trinajstić information content (AvgIpc) is 2.40. The van der Waals surface area contributed by atoms with Crippen molar-refractivity contribution in [1.29, 1.82) is 0 Å². The van der Waals surface area contributed by atoms with Crippen molar-refractivity contribution in [3.8, 4) is 5.75 Å². The van der Waals surface area contributed by atoms with E-state index in [0.717, 1.165) is 22.2 Å². The van der Waals surface area contributed by atoms with Gasteiger partial charge in [0, 0.05) is 5.56 Å². The Morgan fingerprint density at radius 2 is 1.78 bits per heavy atom. The zero-order chi connectivity index (χ0) is 17.2. The zero-order valence-corrected chi connectivity index (χ0v) is 15.9. The van der Waals surface area contributed by atoms with E-state index in [9.17, 15) is 4.79 Å². The van der Waals surface area contributed by atoms with Gasteiger partial charge in [-0.3, -0.25) is 4.79 Å². The number of carbonyl (C=O) groups is 1. The Labute approximate surface area is 145 Å². The second kappa shape index (κ2) is 7.03. The third kappa shape index (κ3) is 4.80. The Balaban J connectivity index is 2.22. The van der Waals surface area contributed by atoms with E-state index in [1.807, 2.05) is 65.0 Å². The molecule has 0 bridgehead atoms. The average molecular weight is 349 g/mol.